The van der Waals surface area contributed by atoms with E-state index in [2.05, 4.69) is 4.90 Å². The maximum atomic E-state index is 13.3. The number of nitrogens with zero attached hydrogens (tertiary/aromatic N) is 5. The molecule has 3 amide bonds. The van der Waals surface area contributed by atoms with Gasteiger partial charge in [0.25, 0.3) is 17.7 Å². The molecule has 1 saturated carbocycles. The number of anilines is 1. The number of amides is 3. The second-order valence-electron chi connectivity index (χ2n) is 9.93. The van der Waals surface area contributed by atoms with E-state index in [9.17, 15) is 14.4 Å². The SMILES string of the molecule is Cc1nc2ccccc2nc1N1CCN(C(=O)c2ccc3c(c2)C(=O)N(C2CCCCC2)C3=O)CC1. The lowest BCUT2D eigenvalue weighted by atomic mass is 9.94. The van der Waals surface area contributed by atoms with E-state index in [-0.39, 0.29) is 23.8 Å². The Morgan fingerprint density at radius 2 is 1.50 bits per heavy atom. The standard InChI is InChI=1S/C28H29N5O3/c1-18-25(30-24-10-6-5-9-23(24)29-18)31-13-15-32(16-14-31)26(34)19-11-12-21-22(17-19)28(36)33(27(21)35)20-7-3-2-4-8-20/h5-6,9-12,17,20H,2-4,7-8,13-16H2,1H3. The van der Waals surface area contributed by atoms with Gasteiger partial charge in [-0.25, -0.2) is 9.97 Å². The minimum Gasteiger partial charge on any atom is -0.352 e. The molecular weight excluding hydrogens is 454 g/mol. The van der Waals surface area contributed by atoms with Gasteiger partial charge in [0, 0.05) is 37.8 Å². The van der Waals surface area contributed by atoms with Crippen LogP contribution in [0, 0.1) is 6.92 Å². The van der Waals surface area contributed by atoms with E-state index < -0.39 is 0 Å². The van der Waals surface area contributed by atoms with Gasteiger partial charge in [0.05, 0.1) is 27.9 Å². The predicted molar refractivity (Wildman–Crippen MR) is 136 cm³/mol. The first kappa shape index (κ1) is 22.6. The van der Waals surface area contributed by atoms with E-state index in [1.54, 1.807) is 18.2 Å². The fourth-order valence-corrected chi connectivity index (χ4v) is 5.75. The van der Waals surface area contributed by atoms with Gasteiger partial charge in [-0.3, -0.25) is 19.3 Å². The van der Waals surface area contributed by atoms with Crippen LogP contribution in [0.4, 0.5) is 5.82 Å². The molecule has 1 saturated heterocycles. The number of fused-ring (bicyclic) bond motifs is 2. The van der Waals surface area contributed by atoms with Gasteiger partial charge in [-0.2, -0.15) is 0 Å². The first-order valence-corrected chi connectivity index (χ1v) is 12.8. The van der Waals surface area contributed by atoms with Crippen LogP contribution in [0.2, 0.25) is 0 Å². The summed E-state index contributed by atoms with van der Waals surface area (Å²) in [5, 5.41) is 0. The van der Waals surface area contributed by atoms with Crippen molar-refractivity contribution in [1.29, 1.82) is 0 Å². The molecule has 8 heteroatoms. The van der Waals surface area contributed by atoms with Crippen LogP contribution < -0.4 is 4.90 Å². The monoisotopic (exact) mass is 483 g/mol. The van der Waals surface area contributed by atoms with E-state index in [1.807, 2.05) is 36.1 Å². The zero-order valence-corrected chi connectivity index (χ0v) is 20.4. The summed E-state index contributed by atoms with van der Waals surface area (Å²) in [7, 11) is 0. The molecule has 3 heterocycles. The maximum Gasteiger partial charge on any atom is 0.261 e. The van der Waals surface area contributed by atoms with Crippen LogP contribution in [-0.4, -0.2) is 69.7 Å². The average molecular weight is 484 g/mol. The minimum atomic E-state index is -0.258. The van der Waals surface area contributed by atoms with Crippen molar-refractivity contribution in [3.05, 3.63) is 64.8 Å². The topological polar surface area (TPSA) is 86.7 Å². The Bertz CT molecular complexity index is 1370. The van der Waals surface area contributed by atoms with Crippen LogP contribution in [-0.2, 0) is 0 Å². The molecule has 6 rings (SSSR count). The Labute approximate surface area is 209 Å². The van der Waals surface area contributed by atoms with E-state index in [0.717, 1.165) is 54.6 Å². The zero-order valence-electron chi connectivity index (χ0n) is 20.4. The molecule has 3 aromatic rings. The number of carbonyl (C=O) groups is 3. The van der Waals surface area contributed by atoms with Crippen LogP contribution in [0.1, 0.15) is 68.9 Å². The zero-order chi connectivity index (χ0) is 24.8. The molecule has 3 aliphatic rings. The van der Waals surface area contributed by atoms with Gasteiger partial charge in [0.1, 0.15) is 0 Å². The smallest absolute Gasteiger partial charge is 0.261 e. The summed E-state index contributed by atoms with van der Waals surface area (Å²) in [5.74, 6) is 0.258. The van der Waals surface area contributed by atoms with Crippen LogP contribution in [0.5, 0.6) is 0 Å². The summed E-state index contributed by atoms with van der Waals surface area (Å²) in [6.45, 7) is 4.36. The fourth-order valence-electron chi connectivity index (χ4n) is 5.75. The highest BCUT2D eigenvalue weighted by Crippen LogP contribution is 2.32. The first-order chi connectivity index (χ1) is 17.5. The summed E-state index contributed by atoms with van der Waals surface area (Å²) in [5.41, 5.74) is 3.83. The minimum absolute atomic E-state index is 0.0277. The van der Waals surface area contributed by atoms with Gasteiger partial charge < -0.3 is 9.80 Å². The average Bonchev–Trinajstić information content (AvgIpc) is 3.17. The van der Waals surface area contributed by atoms with Gasteiger partial charge >= 0.3 is 0 Å². The van der Waals surface area contributed by atoms with Gasteiger partial charge in [-0.05, 0) is 50.1 Å². The Morgan fingerprint density at radius 1 is 0.833 bits per heavy atom. The van der Waals surface area contributed by atoms with Crippen molar-refractivity contribution in [2.24, 2.45) is 0 Å². The van der Waals surface area contributed by atoms with Gasteiger partial charge in [0.15, 0.2) is 5.82 Å². The Hall–Kier alpha value is -3.81. The molecule has 2 aromatic carbocycles. The number of imide groups is 1. The summed E-state index contributed by atoms with van der Waals surface area (Å²) < 4.78 is 0. The summed E-state index contributed by atoms with van der Waals surface area (Å²) >= 11 is 0. The molecule has 8 nitrogen and oxygen atoms in total. The van der Waals surface area contributed by atoms with E-state index in [0.29, 0.717) is 42.9 Å². The highest BCUT2D eigenvalue weighted by atomic mass is 16.2. The van der Waals surface area contributed by atoms with Gasteiger partial charge in [-0.1, -0.05) is 31.4 Å². The molecule has 0 radical (unpaired) electrons. The molecule has 0 N–H and O–H groups in total. The summed E-state index contributed by atoms with van der Waals surface area (Å²) in [4.78, 5) is 54.3. The van der Waals surface area contributed by atoms with Crippen molar-refractivity contribution in [3.63, 3.8) is 0 Å². The third-order valence-corrected chi connectivity index (χ3v) is 7.69. The molecule has 0 atom stereocenters. The third-order valence-electron chi connectivity index (χ3n) is 7.69. The maximum absolute atomic E-state index is 13.3. The third kappa shape index (κ3) is 3.81. The number of aromatic nitrogens is 2. The highest BCUT2D eigenvalue weighted by Gasteiger charge is 2.40. The Balaban J connectivity index is 1.16. The Morgan fingerprint density at radius 3 is 2.22 bits per heavy atom. The van der Waals surface area contributed by atoms with Crippen LogP contribution in [0.3, 0.4) is 0 Å². The second-order valence-corrected chi connectivity index (χ2v) is 9.93. The lowest BCUT2D eigenvalue weighted by molar-refractivity contribution is 0.0548. The van der Waals surface area contributed by atoms with Gasteiger partial charge in [-0.15, -0.1) is 0 Å². The lowest BCUT2D eigenvalue weighted by Gasteiger charge is -2.36. The van der Waals surface area contributed by atoms with Crippen molar-refractivity contribution < 1.29 is 14.4 Å². The van der Waals surface area contributed by atoms with Crippen molar-refractivity contribution in [2.75, 3.05) is 31.1 Å². The number of para-hydroxylation sites is 2. The van der Waals surface area contributed by atoms with Crippen LogP contribution >= 0.6 is 0 Å². The summed E-state index contributed by atoms with van der Waals surface area (Å²) in [6, 6.07) is 12.7. The van der Waals surface area contributed by atoms with Crippen molar-refractivity contribution >= 4 is 34.6 Å². The molecule has 2 fully saturated rings. The Kier molecular flexibility index (Phi) is 5.66. The number of piperazine rings is 1. The quantitative estimate of drug-likeness (QED) is 0.527. The highest BCUT2D eigenvalue weighted by molar-refractivity contribution is 6.22. The number of aryl methyl sites for hydroxylation is 1. The first-order valence-electron chi connectivity index (χ1n) is 12.8. The van der Waals surface area contributed by atoms with Crippen LogP contribution in [0.25, 0.3) is 11.0 Å². The summed E-state index contributed by atoms with van der Waals surface area (Å²) in [6.07, 6.45) is 4.96. The number of carbonyl (C=O) groups excluding carboxylic acids is 3. The number of hydrogen-bond acceptors (Lipinski definition) is 6. The van der Waals surface area contributed by atoms with Crippen molar-refractivity contribution in [1.82, 2.24) is 19.8 Å². The van der Waals surface area contributed by atoms with Crippen LogP contribution in [0.15, 0.2) is 42.5 Å². The van der Waals surface area contributed by atoms with E-state index >= 15 is 0 Å². The molecule has 1 aromatic heterocycles. The normalized spacial score (nSPS) is 18.8. The second kappa shape index (κ2) is 9.00. The molecule has 0 bridgehead atoms. The molecule has 1 aliphatic carbocycles. The molecule has 2 aliphatic heterocycles. The van der Waals surface area contributed by atoms with Crippen molar-refractivity contribution in [3.8, 4) is 0 Å². The molecule has 0 unspecified atom stereocenters. The molecule has 36 heavy (non-hydrogen) atoms. The van der Waals surface area contributed by atoms with Gasteiger partial charge in [0.2, 0.25) is 0 Å². The number of hydrogen-bond donors (Lipinski definition) is 0. The number of benzene rings is 2. The molecular formula is C28H29N5O3. The predicted octanol–water partition coefficient (Wildman–Crippen LogP) is 3.83. The van der Waals surface area contributed by atoms with E-state index in [1.165, 1.54) is 4.90 Å². The largest absolute Gasteiger partial charge is 0.352 e. The lowest BCUT2D eigenvalue weighted by Crippen LogP contribution is -2.49. The molecule has 0 spiro atoms. The number of rotatable bonds is 3. The fraction of sp³-hybridized carbons (Fsp3) is 0.393. The van der Waals surface area contributed by atoms with E-state index in [4.69, 9.17) is 9.97 Å². The van der Waals surface area contributed by atoms with Crippen molar-refractivity contribution in [2.45, 2.75) is 45.1 Å². The molecule has 184 valence electrons.